The number of hydrogen-bond donors (Lipinski definition) is 1. The van der Waals surface area contributed by atoms with Gasteiger partial charge in [-0.1, -0.05) is 20.8 Å². The van der Waals surface area contributed by atoms with E-state index in [0.717, 1.165) is 0 Å². The Morgan fingerprint density at radius 3 is 2.43 bits per heavy atom. The number of aromatic carboxylic acids is 1. The second-order valence-electron chi connectivity index (χ2n) is 4.30. The highest BCUT2D eigenvalue weighted by Crippen LogP contribution is 2.24. The summed E-state index contributed by atoms with van der Waals surface area (Å²) in [5.74, 6) is -0.908. The van der Waals surface area contributed by atoms with Crippen LogP contribution in [0.5, 0.6) is 0 Å². The third-order valence-corrected chi connectivity index (χ3v) is 2.03. The van der Waals surface area contributed by atoms with Gasteiger partial charge in [-0.05, 0) is 6.92 Å². The van der Waals surface area contributed by atoms with Gasteiger partial charge in [-0.25, -0.2) is 4.79 Å². The summed E-state index contributed by atoms with van der Waals surface area (Å²) in [5.41, 5.74) is 0.722. The standard InChI is InChI=1S/C10H16N2O2/c1-5-12-6-7(9(13)14)8(11-12)10(2,3)4/h6H,5H2,1-4H3,(H,13,14). The van der Waals surface area contributed by atoms with Gasteiger partial charge in [-0.15, -0.1) is 0 Å². The number of carbonyl (C=O) groups is 1. The predicted octanol–water partition coefficient (Wildman–Crippen LogP) is 1.90. The Labute approximate surface area is 83.5 Å². The minimum absolute atomic E-state index is 0.228. The SMILES string of the molecule is CCn1cc(C(=O)O)c(C(C)(C)C)n1. The van der Waals surface area contributed by atoms with E-state index in [1.165, 1.54) is 0 Å². The second kappa shape index (κ2) is 3.44. The average Bonchev–Trinajstić information content (AvgIpc) is 2.46. The van der Waals surface area contributed by atoms with Crippen molar-refractivity contribution in [2.24, 2.45) is 0 Å². The lowest BCUT2D eigenvalue weighted by molar-refractivity contribution is 0.0694. The molecule has 78 valence electrons. The fourth-order valence-electron chi connectivity index (χ4n) is 1.29. The van der Waals surface area contributed by atoms with Gasteiger partial charge in [0, 0.05) is 18.2 Å². The van der Waals surface area contributed by atoms with Gasteiger partial charge in [0.2, 0.25) is 0 Å². The molecule has 0 atom stereocenters. The summed E-state index contributed by atoms with van der Waals surface area (Å²) in [6.45, 7) is 8.51. The maximum absolute atomic E-state index is 10.9. The molecule has 0 bridgehead atoms. The van der Waals surface area contributed by atoms with Crippen molar-refractivity contribution in [3.05, 3.63) is 17.5 Å². The highest BCUT2D eigenvalue weighted by molar-refractivity contribution is 5.89. The zero-order chi connectivity index (χ0) is 10.9. The van der Waals surface area contributed by atoms with Crippen LogP contribution in [0.25, 0.3) is 0 Å². The van der Waals surface area contributed by atoms with Gasteiger partial charge < -0.3 is 5.11 Å². The number of hydrogen-bond acceptors (Lipinski definition) is 2. The molecule has 0 saturated carbocycles. The van der Waals surface area contributed by atoms with Crippen LogP contribution in [-0.4, -0.2) is 20.9 Å². The lowest BCUT2D eigenvalue weighted by atomic mass is 9.90. The van der Waals surface area contributed by atoms with E-state index in [1.54, 1.807) is 10.9 Å². The van der Waals surface area contributed by atoms with Gasteiger partial charge in [0.25, 0.3) is 0 Å². The first-order valence-electron chi connectivity index (χ1n) is 4.67. The maximum Gasteiger partial charge on any atom is 0.339 e. The van der Waals surface area contributed by atoms with Gasteiger partial charge >= 0.3 is 5.97 Å². The summed E-state index contributed by atoms with van der Waals surface area (Å²) in [5, 5.41) is 13.2. The molecule has 0 aliphatic heterocycles. The van der Waals surface area contributed by atoms with Crippen LogP contribution in [0.4, 0.5) is 0 Å². The molecule has 0 spiro atoms. The summed E-state index contributed by atoms with van der Waals surface area (Å²) < 4.78 is 1.66. The monoisotopic (exact) mass is 196 g/mol. The number of nitrogens with zero attached hydrogens (tertiary/aromatic N) is 2. The molecule has 1 N–H and O–H groups in total. The smallest absolute Gasteiger partial charge is 0.339 e. The van der Waals surface area contributed by atoms with E-state index in [1.807, 2.05) is 27.7 Å². The number of aryl methyl sites for hydroxylation is 1. The number of carboxylic acids is 1. The molecule has 14 heavy (non-hydrogen) atoms. The van der Waals surface area contributed by atoms with Gasteiger partial charge in [0.1, 0.15) is 5.56 Å². The fourth-order valence-corrected chi connectivity index (χ4v) is 1.29. The Balaban J connectivity index is 3.26. The molecule has 4 nitrogen and oxygen atoms in total. The highest BCUT2D eigenvalue weighted by Gasteiger charge is 2.25. The van der Waals surface area contributed by atoms with Crippen LogP contribution < -0.4 is 0 Å². The topological polar surface area (TPSA) is 55.1 Å². The van der Waals surface area contributed by atoms with E-state index in [4.69, 9.17) is 5.11 Å². The van der Waals surface area contributed by atoms with Crippen molar-refractivity contribution in [2.45, 2.75) is 39.7 Å². The number of carboxylic acid groups (broad SMARTS) is 1. The summed E-state index contributed by atoms with van der Waals surface area (Å²) in [4.78, 5) is 10.9. The summed E-state index contributed by atoms with van der Waals surface area (Å²) in [6, 6.07) is 0. The van der Waals surface area contributed by atoms with Crippen molar-refractivity contribution in [3.63, 3.8) is 0 Å². The van der Waals surface area contributed by atoms with Gasteiger partial charge in [0.05, 0.1) is 5.69 Å². The van der Waals surface area contributed by atoms with Crippen LogP contribution in [0.1, 0.15) is 43.7 Å². The molecular weight excluding hydrogens is 180 g/mol. The minimum atomic E-state index is -0.908. The van der Waals surface area contributed by atoms with Gasteiger partial charge in [0.15, 0.2) is 0 Å². The Kier molecular flexibility index (Phi) is 2.64. The molecule has 0 radical (unpaired) electrons. The molecule has 0 unspecified atom stereocenters. The van der Waals surface area contributed by atoms with Crippen molar-refractivity contribution in [2.75, 3.05) is 0 Å². The molecule has 0 saturated heterocycles. The average molecular weight is 196 g/mol. The molecule has 1 rings (SSSR count). The molecule has 1 aromatic rings. The molecule has 4 heteroatoms. The summed E-state index contributed by atoms with van der Waals surface area (Å²) in [7, 11) is 0. The van der Waals surface area contributed by atoms with E-state index in [2.05, 4.69) is 5.10 Å². The quantitative estimate of drug-likeness (QED) is 0.786. The first-order valence-corrected chi connectivity index (χ1v) is 4.67. The lowest BCUT2D eigenvalue weighted by Gasteiger charge is -2.15. The van der Waals surface area contributed by atoms with E-state index in [9.17, 15) is 4.79 Å². The highest BCUT2D eigenvalue weighted by atomic mass is 16.4. The summed E-state index contributed by atoms with van der Waals surface area (Å²) in [6.07, 6.45) is 1.59. The van der Waals surface area contributed by atoms with Crippen molar-refractivity contribution in [1.82, 2.24) is 9.78 Å². The Morgan fingerprint density at radius 2 is 2.14 bits per heavy atom. The number of rotatable bonds is 2. The van der Waals surface area contributed by atoms with Crippen molar-refractivity contribution < 1.29 is 9.90 Å². The lowest BCUT2D eigenvalue weighted by Crippen LogP contribution is -2.16. The molecule has 0 aliphatic carbocycles. The van der Waals surface area contributed by atoms with Crippen LogP contribution in [0.3, 0.4) is 0 Å². The molecule has 0 aliphatic rings. The van der Waals surface area contributed by atoms with E-state index < -0.39 is 5.97 Å². The van der Waals surface area contributed by atoms with Crippen LogP contribution in [-0.2, 0) is 12.0 Å². The van der Waals surface area contributed by atoms with Crippen molar-refractivity contribution >= 4 is 5.97 Å². The Bertz CT molecular complexity index is 347. The van der Waals surface area contributed by atoms with Gasteiger partial charge in [-0.3, -0.25) is 4.68 Å². The van der Waals surface area contributed by atoms with E-state index >= 15 is 0 Å². The van der Waals surface area contributed by atoms with Crippen LogP contribution in [0.15, 0.2) is 6.20 Å². The van der Waals surface area contributed by atoms with Gasteiger partial charge in [-0.2, -0.15) is 5.10 Å². The molecule has 1 heterocycles. The Hall–Kier alpha value is -1.32. The predicted molar refractivity (Wildman–Crippen MR) is 53.6 cm³/mol. The van der Waals surface area contributed by atoms with E-state index in [0.29, 0.717) is 17.8 Å². The summed E-state index contributed by atoms with van der Waals surface area (Å²) >= 11 is 0. The molecule has 0 amide bonds. The molecular formula is C10H16N2O2. The normalized spacial score (nSPS) is 11.7. The van der Waals surface area contributed by atoms with Crippen LogP contribution in [0.2, 0.25) is 0 Å². The molecule has 0 aromatic carbocycles. The minimum Gasteiger partial charge on any atom is -0.478 e. The third kappa shape index (κ3) is 1.95. The molecule has 0 fully saturated rings. The van der Waals surface area contributed by atoms with Crippen molar-refractivity contribution in [1.29, 1.82) is 0 Å². The zero-order valence-electron chi connectivity index (χ0n) is 9.03. The van der Waals surface area contributed by atoms with Crippen LogP contribution in [0, 0.1) is 0 Å². The van der Waals surface area contributed by atoms with E-state index in [-0.39, 0.29) is 5.41 Å². The largest absolute Gasteiger partial charge is 0.478 e. The fraction of sp³-hybridized carbons (Fsp3) is 0.600. The Morgan fingerprint density at radius 1 is 1.57 bits per heavy atom. The zero-order valence-corrected chi connectivity index (χ0v) is 9.03. The van der Waals surface area contributed by atoms with Crippen LogP contribution >= 0.6 is 0 Å². The van der Waals surface area contributed by atoms with Crippen molar-refractivity contribution in [3.8, 4) is 0 Å². The second-order valence-corrected chi connectivity index (χ2v) is 4.30. The number of aromatic nitrogens is 2. The first-order chi connectivity index (χ1) is 6.36. The third-order valence-electron chi connectivity index (χ3n) is 2.03. The first kappa shape index (κ1) is 10.8. The molecule has 1 aromatic heterocycles. The maximum atomic E-state index is 10.9.